The fourth-order valence-electron chi connectivity index (χ4n) is 2.19. The minimum absolute atomic E-state index is 1.00. The van der Waals surface area contributed by atoms with Crippen molar-refractivity contribution in [3.8, 4) is 5.75 Å². The van der Waals surface area contributed by atoms with Crippen LogP contribution >= 0.6 is 0 Å². The normalized spacial score (nSPS) is 16.6. The fraction of sp³-hybridized carbons (Fsp3) is 0.538. The molecule has 1 aromatic rings. The molecule has 0 heterocycles. The van der Waals surface area contributed by atoms with Gasteiger partial charge < -0.3 is 4.74 Å². The van der Waals surface area contributed by atoms with Crippen LogP contribution in [0.25, 0.3) is 0 Å². The van der Waals surface area contributed by atoms with E-state index in [4.69, 9.17) is 4.74 Å². The molecule has 0 aliphatic heterocycles. The summed E-state index contributed by atoms with van der Waals surface area (Å²) < 4.78 is 5.25. The standard InChI is InChI=1S/C13H18O/c1-14-13-9-8-11-6-4-2-3-5-7-12(11)10-13/h8-10H,2-7H2,1H3. The first-order valence-electron chi connectivity index (χ1n) is 5.56. The molecule has 0 saturated heterocycles. The second kappa shape index (κ2) is 4.50. The Morgan fingerprint density at radius 2 is 1.64 bits per heavy atom. The smallest absolute Gasteiger partial charge is 0.119 e. The summed E-state index contributed by atoms with van der Waals surface area (Å²) in [5.41, 5.74) is 3.04. The van der Waals surface area contributed by atoms with Gasteiger partial charge in [-0.1, -0.05) is 18.9 Å². The third kappa shape index (κ3) is 2.09. The van der Waals surface area contributed by atoms with Gasteiger partial charge in [-0.3, -0.25) is 0 Å². The Balaban J connectivity index is 2.26. The summed E-state index contributed by atoms with van der Waals surface area (Å²) in [7, 11) is 1.74. The van der Waals surface area contributed by atoms with Crippen LogP contribution in [0, 0.1) is 0 Å². The summed E-state index contributed by atoms with van der Waals surface area (Å²) in [5, 5.41) is 0. The molecule has 2 rings (SSSR count). The Hall–Kier alpha value is -0.980. The molecular weight excluding hydrogens is 172 g/mol. The lowest BCUT2D eigenvalue weighted by Crippen LogP contribution is -1.99. The molecule has 14 heavy (non-hydrogen) atoms. The maximum Gasteiger partial charge on any atom is 0.119 e. The number of benzene rings is 1. The number of rotatable bonds is 1. The van der Waals surface area contributed by atoms with Crippen molar-refractivity contribution in [2.24, 2.45) is 0 Å². The molecule has 0 aromatic heterocycles. The zero-order chi connectivity index (χ0) is 9.80. The van der Waals surface area contributed by atoms with Crippen molar-refractivity contribution in [3.05, 3.63) is 29.3 Å². The fourth-order valence-corrected chi connectivity index (χ4v) is 2.19. The van der Waals surface area contributed by atoms with E-state index in [1.165, 1.54) is 49.7 Å². The second-order valence-electron chi connectivity index (χ2n) is 4.05. The Kier molecular flexibility index (Phi) is 3.07. The number of methoxy groups -OCH3 is 1. The van der Waals surface area contributed by atoms with Crippen LogP contribution < -0.4 is 4.74 Å². The van der Waals surface area contributed by atoms with Gasteiger partial charge in [-0.05, 0) is 48.9 Å². The molecule has 0 bridgehead atoms. The van der Waals surface area contributed by atoms with Crippen molar-refractivity contribution in [2.45, 2.75) is 38.5 Å². The second-order valence-corrected chi connectivity index (χ2v) is 4.05. The first-order chi connectivity index (χ1) is 6.90. The predicted molar refractivity (Wildman–Crippen MR) is 58.9 cm³/mol. The van der Waals surface area contributed by atoms with E-state index in [1.54, 1.807) is 7.11 Å². The summed E-state index contributed by atoms with van der Waals surface area (Å²) in [5.74, 6) is 1.00. The molecule has 1 nitrogen and oxygen atoms in total. The highest BCUT2D eigenvalue weighted by molar-refractivity contribution is 5.36. The van der Waals surface area contributed by atoms with Gasteiger partial charge in [-0.25, -0.2) is 0 Å². The summed E-state index contributed by atoms with van der Waals surface area (Å²) in [4.78, 5) is 0. The van der Waals surface area contributed by atoms with Gasteiger partial charge in [-0.2, -0.15) is 0 Å². The number of ether oxygens (including phenoxy) is 1. The van der Waals surface area contributed by atoms with Crippen LogP contribution in [0.3, 0.4) is 0 Å². The lowest BCUT2D eigenvalue weighted by molar-refractivity contribution is 0.413. The van der Waals surface area contributed by atoms with Gasteiger partial charge in [0.15, 0.2) is 0 Å². The zero-order valence-electron chi connectivity index (χ0n) is 8.88. The van der Waals surface area contributed by atoms with E-state index in [2.05, 4.69) is 18.2 Å². The summed E-state index contributed by atoms with van der Waals surface area (Å²) >= 11 is 0. The average molecular weight is 190 g/mol. The molecule has 0 fully saturated rings. The van der Waals surface area contributed by atoms with Crippen LogP contribution in [0.15, 0.2) is 18.2 Å². The molecule has 1 heteroatoms. The first kappa shape index (κ1) is 9.57. The molecule has 1 aliphatic rings. The summed E-state index contributed by atoms with van der Waals surface area (Å²) in [6, 6.07) is 6.53. The van der Waals surface area contributed by atoms with Crippen LogP contribution in [0.2, 0.25) is 0 Å². The molecule has 76 valence electrons. The maximum absolute atomic E-state index is 5.25. The van der Waals surface area contributed by atoms with Crippen LogP contribution in [-0.2, 0) is 12.8 Å². The molecule has 0 atom stereocenters. The lowest BCUT2D eigenvalue weighted by atomic mass is 9.93. The van der Waals surface area contributed by atoms with Crippen molar-refractivity contribution in [2.75, 3.05) is 7.11 Å². The number of hydrogen-bond acceptors (Lipinski definition) is 1. The summed E-state index contributed by atoms with van der Waals surface area (Å²) in [6.07, 6.45) is 7.94. The average Bonchev–Trinajstić information content (AvgIpc) is 2.18. The summed E-state index contributed by atoms with van der Waals surface area (Å²) in [6.45, 7) is 0. The molecule has 0 spiro atoms. The zero-order valence-corrected chi connectivity index (χ0v) is 8.88. The van der Waals surface area contributed by atoms with Gasteiger partial charge in [-0.15, -0.1) is 0 Å². The van der Waals surface area contributed by atoms with Crippen LogP contribution in [0.4, 0.5) is 0 Å². The van der Waals surface area contributed by atoms with Crippen molar-refractivity contribution >= 4 is 0 Å². The lowest BCUT2D eigenvalue weighted by Gasteiger charge is -2.14. The monoisotopic (exact) mass is 190 g/mol. The minimum Gasteiger partial charge on any atom is -0.497 e. The predicted octanol–water partition coefficient (Wildman–Crippen LogP) is 3.35. The van der Waals surface area contributed by atoms with Gasteiger partial charge in [0, 0.05) is 0 Å². The molecule has 0 amide bonds. The quantitative estimate of drug-likeness (QED) is 0.660. The Labute approximate surface area is 86.1 Å². The molecule has 0 radical (unpaired) electrons. The van der Waals surface area contributed by atoms with Gasteiger partial charge in [0.1, 0.15) is 5.75 Å². The first-order valence-corrected chi connectivity index (χ1v) is 5.56. The van der Waals surface area contributed by atoms with E-state index in [0.29, 0.717) is 0 Å². The van der Waals surface area contributed by atoms with Crippen LogP contribution in [0.1, 0.15) is 36.8 Å². The van der Waals surface area contributed by atoms with Crippen LogP contribution in [0.5, 0.6) is 5.75 Å². The Morgan fingerprint density at radius 1 is 0.929 bits per heavy atom. The molecular formula is C13H18O. The van der Waals surface area contributed by atoms with Gasteiger partial charge in [0.25, 0.3) is 0 Å². The minimum atomic E-state index is 1.00. The molecule has 0 unspecified atom stereocenters. The van der Waals surface area contributed by atoms with Gasteiger partial charge >= 0.3 is 0 Å². The highest BCUT2D eigenvalue weighted by atomic mass is 16.5. The molecule has 0 N–H and O–H groups in total. The van der Waals surface area contributed by atoms with E-state index >= 15 is 0 Å². The van der Waals surface area contributed by atoms with E-state index in [-0.39, 0.29) is 0 Å². The number of aryl methyl sites for hydroxylation is 2. The topological polar surface area (TPSA) is 9.23 Å². The van der Waals surface area contributed by atoms with Crippen LogP contribution in [-0.4, -0.2) is 7.11 Å². The SMILES string of the molecule is COc1ccc2c(c1)CCCCCC2. The largest absolute Gasteiger partial charge is 0.497 e. The third-order valence-electron chi connectivity index (χ3n) is 3.06. The van der Waals surface area contributed by atoms with E-state index < -0.39 is 0 Å². The highest BCUT2D eigenvalue weighted by Gasteiger charge is 2.07. The van der Waals surface area contributed by atoms with Crippen molar-refractivity contribution in [1.82, 2.24) is 0 Å². The number of hydrogen-bond donors (Lipinski definition) is 0. The van der Waals surface area contributed by atoms with E-state index in [1.807, 2.05) is 0 Å². The Bertz CT molecular complexity index is 304. The third-order valence-corrected chi connectivity index (χ3v) is 3.06. The van der Waals surface area contributed by atoms with Gasteiger partial charge in [0.2, 0.25) is 0 Å². The molecule has 0 saturated carbocycles. The van der Waals surface area contributed by atoms with E-state index in [0.717, 1.165) is 5.75 Å². The van der Waals surface area contributed by atoms with E-state index in [9.17, 15) is 0 Å². The van der Waals surface area contributed by atoms with Crippen molar-refractivity contribution in [1.29, 1.82) is 0 Å². The maximum atomic E-state index is 5.25. The van der Waals surface area contributed by atoms with Crippen molar-refractivity contribution in [3.63, 3.8) is 0 Å². The molecule has 1 aliphatic carbocycles. The molecule has 1 aromatic carbocycles. The van der Waals surface area contributed by atoms with Crippen molar-refractivity contribution < 1.29 is 4.74 Å². The van der Waals surface area contributed by atoms with Gasteiger partial charge in [0.05, 0.1) is 7.11 Å². The Morgan fingerprint density at radius 3 is 2.36 bits per heavy atom. The number of fused-ring (bicyclic) bond motifs is 1. The highest BCUT2D eigenvalue weighted by Crippen LogP contribution is 2.23.